The molecule has 2 aromatic heterocycles. The zero-order chi connectivity index (χ0) is 34.8. The number of aromatic nitrogens is 2. The number of hydrogen-bond acceptors (Lipinski definition) is 8. The molecule has 2 aromatic carbocycles. The van der Waals surface area contributed by atoms with Gasteiger partial charge in [0.15, 0.2) is 5.82 Å². The predicted octanol–water partition coefficient (Wildman–Crippen LogP) is 5.37. The van der Waals surface area contributed by atoms with Crippen LogP contribution in [0.3, 0.4) is 0 Å². The molecule has 1 saturated heterocycles. The topological polar surface area (TPSA) is 102 Å². The third-order valence-corrected chi connectivity index (χ3v) is 10.1. The predicted molar refractivity (Wildman–Crippen MR) is 185 cm³/mol. The molecule has 0 radical (unpaired) electrons. The van der Waals surface area contributed by atoms with Crippen molar-refractivity contribution >= 4 is 57.0 Å². The maximum atomic E-state index is 17.3. The molecule has 252 valence electrons. The number of pyridine rings is 1. The molecular weight excluding hydrogens is 662 g/mol. The van der Waals surface area contributed by atoms with E-state index in [9.17, 15) is 14.7 Å². The van der Waals surface area contributed by atoms with Gasteiger partial charge < -0.3 is 24.7 Å². The molecule has 1 fully saturated rings. The van der Waals surface area contributed by atoms with Crippen LogP contribution in [0, 0.1) is 11.6 Å². The van der Waals surface area contributed by atoms with Crippen LogP contribution in [0.15, 0.2) is 47.2 Å². The van der Waals surface area contributed by atoms with E-state index in [1.807, 2.05) is 39.8 Å². The summed E-state index contributed by atoms with van der Waals surface area (Å²) in [4.78, 5) is 53.3. The highest BCUT2D eigenvalue weighted by atomic mass is 35.5. The number of benzene rings is 2. The van der Waals surface area contributed by atoms with Crippen molar-refractivity contribution in [1.82, 2.24) is 19.4 Å². The number of carbonyl (C=O) groups excluding carboxylic acids is 2. The Morgan fingerprint density at radius 1 is 1.21 bits per heavy atom. The van der Waals surface area contributed by atoms with E-state index in [2.05, 4.69) is 11.6 Å². The first-order valence-electron chi connectivity index (χ1n) is 15.5. The number of phenolic OH excluding ortho intramolecular Hbond substituents is 1. The standard InChI is InChI=1S/C34H35ClF2N6O4S/c1-7-24(45)41-15-22-32(46)40(12-11-39(5)6)31-30(42(22)14-18(41)4)19-13-20(35)25(26-21(36)9-8-10-23(26)44)27(37)29(19)43(33(31)47)34-28(17(2)3)38-16-48-34/h7-10,13,16-18,22,44H,1,11-12,14-15H2,2-6H3. The highest BCUT2D eigenvalue weighted by Gasteiger charge is 2.47. The van der Waals surface area contributed by atoms with Crippen molar-refractivity contribution in [3.8, 4) is 21.9 Å². The summed E-state index contributed by atoms with van der Waals surface area (Å²) in [6, 6.07) is 3.75. The fourth-order valence-corrected chi connectivity index (χ4v) is 7.89. The quantitative estimate of drug-likeness (QED) is 0.259. The highest BCUT2D eigenvalue weighted by molar-refractivity contribution is 7.12. The first kappa shape index (κ1) is 33.6. The van der Waals surface area contributed by atoms with Crippen molar-refractivity contribution < 1.29 is 23.5 Å². The summed E-state index contributed by atoms with van der Waals surface area (Å²) in [6.45, 7) is 9.91. The zero-order valence-electron chi connectivity index (χ0n) is 27.1. The molecule has 48 heavy (non-hydrogen) atoms. The highest BCUT2D eigenvalue weighted by Crippen LogP contribution is 2.48. The second-order valence-electron chi connectivity index (χ2n) is 12.6. The molecule has 0 aliphatic carbocycles. The van der Waals surface area contributed by atoms with Gasteiger partial charge in [0.1, 0.15) is 28.3 Å². The summed E-state index contributed by atoms with van der Waals surface area (Å²) in [6.07, 6.45) is 1.20. The van der Waals surface area contributed by atoms with Crippen LogP contribution in [-0.4, -0.2) is 88.6 Å². The fourth-order valence-electron chi connectivity index (χ4n) is 6.64. The largest absolute Gasteiger partial charge is 0.507 e. The Morgan fingerprint density at radius 3 is 2.58 bits per heavy atom. The number of aromatic hydroxyl groups is 1. The van der Waals surface area contributed by atoms with E-state index in [0.717, 1.165) is 17.4 Å². The molecule has 2 atom stereocenters. The van der Waals surface area contributed by atoms with Crippen LogP contribution in [0.2, 0.25) is 5.02 Å². The van der Waals surface area contributed by atoms with E-state index in [4.69, 9.17) is 11.6 Å². The first-order chi connectivity index (χ1) is 22.8. The number of halogens is 3. The average Bonchev–Trinajstić information content (AvgIpc) is 3.52. The van der Waals surface area contributed by atoms with Crippen molar-refractivity contribution in [1.29, 1.82) is 0 Å². The van der Waals surface area contributed by atoms with Crippen LogP contribution in [-0.2, 0) is 9.59 Å². The number of fused-ring (bicyclic) bond motifs is 5. The van der Waals surface area contributed by atoms with Crippen LogP contribution < -0.4 is 15.4 Å². The van der Waals surface area contributed by atoms with Crippen molar-refractivity contribution in [2.45, 2.75) is 38.8 Å². The minimum atomic E-state index is -1.03. The molecule has 2 unspecified atom stereocenters. The van der Waals surface area contributed by atoms with Gasteiger partial charge in [-0.2, -0.15) is 0 Å². The molecular formula is C34H35ClF2N6O4S. The first-order valence-corrected chi connectivity index (χ1v) is 16.7. The number of anilines is 2. The number of carbonyl (C=O) groups is 2. The molecule has 10 nitrogen and oxygen atoms in total. The maximum absolute atomic E-state index is 17.3. The monoisotopic (exact) mass is 696 g/mol. The van der Waals surface area contributed by atoms with Crippen molar-refractivity contribution in [2.24, 2.45) is 0 Å². The van der Waals surface area contributed by atoms with Crippen molar-refractivity contribution in [3.63, 3.8) is 0 Å². The van der Waals surface area contributed by atoms with Gasteiger partial charge in [-0.1, -0.05) is 38.1 Å². The molecule has 14 heteroatoms. The molecule has 1 N–H and O–H groups in total. The Hall–Kier alpha value is -4.33. The maximum Gasteiger partial charge on any atom is 0.282 e. The van der Waals surface area contributed by atoms with Gasteiger partial charge in [-0.25, -0.2) is 13.8 Å². The van der Waals surface area contributed by atoms with Crippen LogP contribution in [0.1, 0.15) is 32.4 Å². The molecule has 6 rings (SSSR count). The number of hydrogen-bond donors (Lipinski definition) is 1. The number of thiazole rings is 1. The van der Waals surface area contributed by atoms with E-state index in [-0.39, 0.29) is 64.7 Å². The van der Waals surface area contributed by atoms with E-state index in [1.54, 1.807) is 15.3 Å². The summed E-state index contributed by atoms with van der Waals surface area (Å²) in [5, 5.41) is 11.0. The third kappa shape index (κ3) is 5.24. The van der Waals surface area contributed by atoms with Crippen LogP contribution in [0.4, 0.5) is 20.2 Å². The minimum absolute atomic E-state index is 0.0110. The van der Waals surface area contributed by atoms with Gasteiger partial charge in [-0.15, -0.1) is 11.3 Å². The molecule has 0 saturated carbocycles. The van der Waals surface area contributed by atoms with Gasteiger partial charge in [0.2, 0.25) is 5.91 Å². The van der Waals surface area contributed by atoms with E-state index in [0.29, 0.717) is 17.2 Å². The van der Waals surface area contributed by atoms with Crippen LogP contribution in [0.25, 0.3) is 27.0 Å². The number of piperazine rings is 1. The van der Waals surface area contributed by atoms with Crippen LogP contribution in [0.5, 0.6) is 5.75 Å². The Bertz CT molecular complexity index is 2030. The smallest absolute Gasteiger partial charge is 0.282 e. The molecule has 4 aromatic rings. The van der Waals surface area contributed by atoms with Gasteiger partial charge in [0, 0.05) is 36.6 Å². The molecule has 0 bridgehead atoms. The molecule has 2 amide bonds. The number of likely N-dealkylation sites (N-methyl/N-ethyl adjacent to an activating group) is 1. The minimum Gasteiger partial charge on any atom is -0.507 e. The Balaban J connectivity index is 1.77. The third-order valence-electron chi connectivity index (χ3n) is 8.94. The fraction of sp³-hybridized carbons (Fsp3) is 0.353. The Kier molecular flexibility index (Phi) is 8.81. The van der Waals surface area contributed by atoms with E-state index in [1.165, 1.54) is 33.7 Å². The summed E-state index contributed by atoms with van der Waals surface area (Å²) < 4.78 is 33.8. The van der Waals surface area contributed by atoms with Crippen molar-refractivity contribution in [3.05, 3.63) is 75.1 Å². The van der Waals surface area contributed by atoms with Gasteiger partial charge in [0.25, 0.3) is 11.5 Å². The van der Waals surface area contributed by atoms with E-state index >= 15 is 13.6 Å². The Morgan fingerprint density at radius 2 is 1.94 bits per heavy atom. The summed E-state index contributed by atoms with van der Waals surface area (Å²) in [7, 11) is 3.68. The number of phenols is 1. The Labute approximate surface area is 285 Å². The lowest BCUT2D eigenvalue weighted by Crippen LogP contribution is -2.67. The lowest BCUT2D eigenvalue weighted by Gasteiger charge is -2.50. The second-order valence-corrected chi connectivity index (χ2v) is 13.9. The SMILES string of the molecule is C=CC(=O)N1CC2C(=O)N(CCN(C)C)c3c(c4cc(Cl)c(-c5c(O)cccc5F)c(F)c4n(-c4scnc4C(C)C)c3=O)N2CC1C. The lowest BCUT2D eigenvalue weighted by atomic mass is 9.95. The lowest BCUT2D eigenvalue weighted by molar-refractivity contribution is -0.130. The van der Waals surface area contributed by atoms with Gasteiger partial charge in [-0.3, -0.25) is 19.0 Å². The normalized spacial score (nSPS) is 17.8. The van der Waals surface area contributed by atoms with E-state index < -0.39 is 46.2 Å². The number of rotatable bonds is 7. The van der Waals surface area contributed by atoms with Crippen molar-refractivity contribution in [2.75, 3.05) is 50.1 Å². The zero-order valence-corrected chi connectivity index (χ0v) is 28.7. The number of nitrogens with zero attached hydrogens (tertiary/aromatic N) is 6. The van der Waals surface area contributed by atoms with Gasteiger partial charge in [0.05, 0.1) is 39.5 Å². The summed E-state index contributed by atoms with van der Waals surface area (Å²) >= 11 is 7.93. The second kappa shape index (κ2) is 12.6. The molecule has 0 spiro atoms. The molecule has 2 aliphatic rings. The summed E-state index contributed by atoms with van der Waals surface area (Å²) in [5.41, 5.74) is 0.681. The molecule has 2 aliphatic heterocycles. The average molecular weight is 697 g/mol. The molecule has 4 heterocycles. The van der Waals surface area contributed by atoms with Gasteiger partial charge >= 0.3 is 0 Å². The number of amides is 2. The van der Waals surface area contributed by atoms with Crippen LogP contribution >= 0.6 is 22.9 Å². The van der Waals surface area contributed by atoms with Gasteiger partial charge in [-0.05, 0) is 51.2 Å². The summed E-state index contributed by atoms with van der Waals surface area (Å²) in [5.74, 6) is -3.34.